The molecule has 0 saturated heterocycles. The first-order valence-corrected chi connectivity index (χ1v) is 24.8. The molecular formula is C45H93N2O6P. The first kappa shape index (κ1) is 53.5. The summed E-state index contributed by atoms with van der Waals surface area (Å²) in [6.07, 6.45) is 42.2. The molecule has 324 valence electrons. The van der Waals surface area contributed by atoms with Gasteiger partial charge in [0.1, 0.15) is 13.2 Å². The summed E-state index contributed by atoms with van der Waals surface area (Å²) in [6, 6.07) is -0.790. The van der Waals surface area contributed by atoms with Crippen LogP contribution >= 0.6 is 7.82 Å². The average Bonchev–Trinajstić information content (AvgIpc) is 3.12. The van der Waals surface area contributed by atoms with Crippen LogP contribution in [-0.4, -0.2) is 68.5 Å². The molecule has 0 aromatic rings. The zero-order chi connectivity index (χ0) is 40.0. The van der Waals surface area contributed by atoms with Crippen molar-refractivity contribution in [2.24, 2.45) is 0 Å². The predicted octanol–water partition coefficient (Wildman–Crippen LogP) is 12.3. The highest BCUT2D eigenvalue weighted by Gasteiger charge is 2.24. The van der Waals surface area contributed by atoms with Crippen LogP contribution in [0.3, 0.4) is 0 Å². The standard InChI is InChI=1S/C45H93N2O6P/c1-6-8-10-11-12-13-14-15-16-17-18-19-20-21-22-23-24-25-26-27-28-29-30-31-32-33-34-35-37-38-44(48)43(46-45(49)39-36-9-7-2)42-53-54(50,51)52-41-40-47(3,4)5/h43-44,48H,6-42H2,1-5H3,(H-,46,49,50,51). The van der Waals surface area contributed by atoms with Crippen LogP contribution in [0.25, 0.3) is 0 Å². The lowest BCUT2D eigenvalue weighted by molar-refractivity contribution is -0.870. The molecule has 0 aromatic carbocycles. The number of hydrogen-bond donors (Lipinski definition) is 2. The van der Waals surface area contributed by atoms with E-state index in [9.17, 15) is 19.4 Å². The fourth-order valence-electron chi connectivity index (χ4n) is 7.10. The molecule has 0 aliphatic carbocycles. The highest BCUT2D eigenvalue weighted by Crippen LogP contribution is 2.38. The number of aliphatic hydroxyl groups is 1. The van der Waals surface area contributed by atoms with Crippen molar-refractivity contribution in [2.45, 2.75) is 244 Å². The van der Waals surface area contributed by atoms with Gasteiger partial charge >= 0.3 is 0 Å². The number of nitrogens with one attached hydrogen (secondary N) is 1. The van der Waals surface area contributed by atoms with Crippen LogP contribution in [0, 0.1) is 0 Å². The molecule has 0 bridgehead atoms. The number of rotatable bonds is 43. The summed E-state index contributed by atoms with van der Waals surface area (Å²) in [5.74, 6) is -0.187. The van der Waals surface area contributed by atoms with Gasteiger partial charge in [-0.15, -0.1) is 0 Å². The molecule has 3 unspecified atom stereocenters. The number of nitrogens with zero attached hydrogens (tertiary/aromatic N) is 1. The van der Waals surface area contributed by atoms with Crippen LogP contribution in [0.4, 0.5) is 0 Å². The van der Waals surface area contributed by atoms with Crippen molar-refractivity contribution in [1.82, 2.24) is 5.32 Å². The van der Waals surface area contributed by atoms with Crippen molar-refractivity contribution in [1.29, 1.82) is 0 Å². The highest BCUT2D eigenvalue weighted by atomic mass is 31.2. The molecule has 1 amide bonds. The van der Waals surface area contributed by atoms with E-state index < -0.39 is 20.0 Å². The van der Waals surface area contributed by atoms with E-state index in [0.29, 0.717) is 23.9 Å². The van der Waals surface area contributed by atoms with Gasteiger partial charge in [0, 0.05) is 6.42 Å². The van der Waals surface area contributed by atoms with E-state index in [2.05, 4.69) is 19.2 Å². The molecule has 0 aromatic heterocycles. The Morgan fingerprint density at radius 3 is 1.26 bits per heavy atom. The van der Waals surface area contributed by atoms with E-state index in [1.54, 1.807) is 0 Å². The van der Waals surface area contributed by atoms with Crippen molar-refractivity contribution in [3.05, 3.63) is 0 Å². The maximum Gasteiger partial charge on any atom is 0.268 e. The van der Waals surface area contributed by atoms with Gasteiger partial charge in [0.25, 0.3) is 7.82 Å². The molecule has 8 nitrogen and oxygen atoms in total. The quantitative estimate of drug-likeness (QED) is 0.0362. The van der Waals surface area contributed by atoms with Gasteiger partial charge in [-0.3, -0.25) is 9.36 Å². The van der Waals surface area contributed by atoms with Gasteiger partial charge in [0.15, 0.2) is 0 Å². The predicted molar refractivity (Wildman–Crippen MR) is 229 cm³/mol. The molecule has 54 heavy (non-hydrogen) atoms. The van der Waals surface area contributed by atoms with Crippen LogP contribution in [-0.2, 0) is 18.4 Å². The fraction of sp³-hybridized carbons (Fsp3) is 0.978. The summed E-state index contributed by atoms with van der Waals surface area (Å²) < 4.78 is 23.0. The van der Waals surface area contributed by atoms with Crippen molar-refractivity contribution < 1.29 is 32.9 Å². The molecule has 0 rings (SSSR count). The summed E-state index contributed by atoms with van der Waals surface area (Å²) in [5.41, 5.74) is 0. The van der Waals surface area contributed by atoms with E-state index in [-0.39, 0.29) is 19.1 Å². The molecule has 9 heteroatoms. The normalized spacial score (nSPS) is 14.3. The van der Waals surface area contributed by atoms with E-state index in [0.717, 1.165) is 38.5 Å². The first-order valence-electron chi connectivity index (χ1n) is 23.4. The number of phosphoric acid groups is 1. The summed E-state index contributed by atoms with van der Waals surface area (Å²) in [6.45, 7) is 4.57. The third kappa shape index (κ3) is 39.7. The molecule has 3 atom stereocenters. The second-order valence-electron chi connectivity index (χ2n) is 17.5. The van der Waals surface area contributed by atoms with E-state index in [1.165, 1.54) is 167 Å². The maximum absolute atomic E-state index is 12.5. The van der Waals surface area contributed by atoms with Crippen LogP contribution < -0.4 is 10.2 Å². The lowest BCUT2D eigenvalue weighted by Gasteiger charge is -2.30. The van der Waals surface area contributed by atoms with E-state index >= 15 is 0 Å². The third-order valence-electron chi connectivity index (χ3n) is 10.8. The van der Waals surface area contributed by atoms with E-state index in [4.69, 9.17) is 9.05 Å². The van der Waals surface area contributed by atoms with E-state index in [1.807, 2.05) is 21.1 Å². The number of hydrogen-bond acceptors (Lipinski definition) is 6. The SMILES string of the molecule is CCCCCCCCCCCCCCCCCCCCCCCCCCCCCCCC(O)C(COP(=O)([O-])OCC[N+](C)(C)C)NC(=O)CCCCC. The minimum absolute atomic E-state index is 0.0144. The minimum Gasteiger partial charge on any atom is -0.756 e. The smallest absolute Gasteiger partial charge is 0.268 e. The highest BCUT2D eigenvalue weighted by molar-refractivity contribution is 7.45. The molecule has 0 aliphatic rings. The second-order valence-corrected chi connectivity index (χ2v) is 18.9. The Kier molecular flexibility index (Phi) is 37.7. The Hall–Kier alpha value is -0.500. The van der Waals surface area contributed by atoms with Crippen LogP contribution in [0.1, 0.15) is 232 Å². The lowest BCUT2D eigenvalue weighted by atomic mass is 10.0. The van der Waals surface area contributed by atoms with Crippen molar-refractivity contribution in [2.75, 3.05) is 40.9 Å². The number of aliphatic hydroxyl groups excluding tert-OH is 1. The van der Waals surface area contributed by atoms with Gasteiger partial charge in [-0.1, -0.05) is 213 Å². The van der Waals surface area contributed by atoms with Crippen LogP contribution in [0.5, 0.6) is 0 Å². The number of phosphoric ester groups is 1. The van der Waals surface area contributed by atoms with Gasteiger partial charge in [-0.25, -0.2) is 0 Å². The molecule has 0 heterocycles. The number of carbonyl (C=O) groups excluding carboxylic acids is 1. The molecule has 0 spiro atoms. The van der Waals surface area contributed by atoms with Crippen molar-refractivity contribution >= 4 is 13.7 Å². The van der Waals surface area contributed by atoms with Crippen molar-refractivity contribution in [3.63, 3.8) is 0 Å². The maximum atomic E-state index is 12.5. The molecule has 2 N–H and O–H groups in total. The van der Waals surface area contributed by atoms with Crippen molar-refractivity contribution in [3.8, 4) is 0 Å². The Morgan fingerprint density at radius 2 is 0.907 bits per heavy atom. The largest absolute Gasteiger partial charge is 0.756 e. The zero-order valence-corrected chi connectivity index (χ0v) is 37.6. The molecule has 0 fully saturated rings. The number of unbranched alkanes of at least 4 members (excludes halogenated alkanes) is 30. The molecule has 0 aliphatic heterocycles. The lowest BCUT2D eigenvalue weighted by Crippen LogP contribution is -2.46. The molecule has 0 saturated carbocycles. The number of amides is 1. The summed E-state index contributed by atoms with van der Waals surface area (Å²) in [4.78, 5) is 24.8. The van der Waals surface area contributed by atoms with Gasteiger partial charge in [-0.2, -0.15) is 0 Å². The topological polar surface area (TPSA) is 108 Å². The summed E-state index contributed by atoms with van der Waals surface area (Å²) in [5, 5.41) is 13.7. The number of carbonyl (C=O) groups is 1. The number of likely N-dealkylation sites (N-methyl/N-ethyl adjacent to an activating group) is 1. The van der Waals surface area contributed by atoms with Gasteiger partial charge in [0.2, 0.25) is 5.91 Å². The third-order valence-corrected chi connectivity index (χ3v) is 11.8. The minimum atomic E-state index is -4.54. The second kappa shape index (κ2) is 38.0. The van der Waals surface area contributed by atoms with Gasteiger partial charge < -0.3 is 28.8 Å². The van der Waals surface area contributed by atoms with Crippen LogP contribution in [0.15, 0.2) is 0 Å². The van der Waals surface area contributed by atoms with Crippen LogP contribution in [0.2, 0.25) is 0 Å². The Labute approximate surface area is 336 Å². The number of quaternary nitrogens is 1. The first-order chi connectivity index (χ1) is 26.0. The zero-order valence-electron chi connectivity index (χ0n) is 36.7. The monoisotopic (exact) mass is 789 g/mol. The van der Waals surface area contributed by atoms with Gasteiger partial charge in [-0.05, 0) is 12.8 Å². The average molecular weight is 789 g/mol. The van der Waals surface area contributed by atoms with Gasteiger partial charge in [0.05, 0.1) is 39.9 Å². The summed E-state index contributed by atoms with van der Waals surface area (Å²) in [7, 11) is 1.31. The Balaban J connectivity index is 3.77. The fourth-order valence-corrected chi connectivity index (χ4v) is 7.82. The Morgan fingerprint density at radius 1 is 0.574 bits per heavy atom. The Bertz CT molecular complexity index is 855. The molecular weight excluding hydrogens is 695 g/mol. The molecule has 0 radical (unpaired) electrons. The summed E-state index contributed by atoms with van der Waals surface area (Å²) >= 11 is 0.